The molecule has 0 saturated carbocycles. The van der Waals surface area contributed by atoms with Crippen molar-refractivity contribution in [1.29, 1.82) is 0 Å². The molecule has 21 heavy (non-hydrogen) atoms. The quantitative estimate of drug-likeness (QED) is 0.700. The van der Waals surface area contributed by atoms with Crippen LogP contribution >= 0.6 is 0 Å². The van der Waals surface area contributed by atoms with E-state index < -0.39 is 12.1 Å². The lowest BCUT2D eigenvalue weighted by Gasteiger charge is -2.35. The van der Waals surface area contributed by atoms with Gasteiger partial charge in [0.15, 0.2) is 6.61 Å². The summed E-state index contributed by atoms with van der Waals surface area (Å²) < 4.78 is 5.15. The normalized spacial score (nSPS) is 23.0. The number of carboxylic acid groups (broad SMARTS) is 1. The van der Waals surface area contributed by atoms with Gasteiger partial charge in [-0.25, -0.2) is 4.79 Å². The lowest BCUT2D eigenvalue weighted by atomic mass is 9.94. The summed E-state index contributed by atoms with van der Waals surface area (Å²) in [5.41, 5.74) is 1.01. The molecule has 1 aromatic carbocycles. The number of carbonyl (C=O) groups is 1. The molecule has 0 aliphatic carbocycles. The highest BCUT2D eigenvalue weighted by atomic mass is 16.5. The molecule has 0 amide bonds. The van der Waals surface area contributed by atoms with Gasteiger partial charge in [-0.05, 0) is 30.7 Å². The van der Waals surface area contributed by atoms with Crippen LogP contribution in [0, 0.1) is 5.92 Å². The molecule has 2 rings (SSSR count). The van der Waals surface area contributed by atoms with Gasteiger partial charge in [-0.1, -0.05) is 12.1 Å². The Bertz CT molecular complexity index is 479. The Morgan fingerprint density at radius 3 is 2.90 bits per heavy atom. The van der Waals surface area contributed by atoms with Crippen LogP contribution < -0.4 is 4.74 Å². The molecule has 2 atom stereocenters. The van der Waals surface area contributed by atoms with Crippen molar-refractivity contribution in [1.82, 2.24) is 4.90 Å². The minimum absolute atomic E-state index is 0.0213. The minimum Gasteiger partial charge on any atom is -0.482 e. The van der Waals surface area contributed by atoms with Gasteiger partial charge in [-0.3, -0.25) is 4.90 Å². The molecule has 6 heteroatoms. The van der Waals surface area contributed by atoms with Crippen molar-refractivity contribution in [2.45, 2.75) is 19.1 Å². The van der Waals surface area contributed by atoms with E-state index in [9.17, 15) is 9.90 Å². The molecule has 0 bridgehead atoms. The van der Waals surface area contributed by atoms with Gasteiger partial charge in [0, 0.05) is 25.6 Å². The predicted octanol–water partition coefficient (Wildman–Crippen LogP) is 0.325. The third kappa shape index (κ3) is 4.70. The number of carboxylic acids is 1. The fourth-order valence-corrected chi connectivity index (χ4v) is 2.54. The van der Waals surface area contributed by atoms with Gasteiger partial charge >= 0.3 is 5.97 Å². The van der Waals surface area contributed by atoms with Crippen molar-refractivity contribution in [2.24, 2.45) is 5.92 Å². The molecule has 0 radical (unpaired) electrons. The van der Waals surface area contributed by atoms with E-state index >= 15 is 0 Å². The van der Waals surface area contributed by atoms with Crippen LogP contribution in [0.2, 0.25) is 0 Å². The molecule has 3 N–H and O–H groups in total. The summed E-state index contributed by atoms with van der Waals surface area (Å²) in [6.07, 6.45) is 0.266. The van der Waals surface area contributed by atoms with Gasteiger partial charge in [0.25, 0.3) is 0 Å². The first-order valence-corrected chi connectivity index (χ1v) is 7.03. The van der Waals surface area contributed by atoms with Crippen molar-refractivity contribution in [2.75, 3.05) is 26.3 Å². The zero-order chi connectivity index (χ0) is 15.2. The van der Waals surface area contributed by atoms with E-state index in [0.29, 0.717) is 18.8 Å². The van der Waals surface area contributed by atoms with Crippen LogP contribution in [-0.2, 0) is 11.3 Å². The van der Waals surface area contributed by atoms with E-state index in [4.69, 9.17) is 14.9 Å². The van der Waals surface area contributed by atoms with Crippen LogP contribution in [-0.4, -0.2) is 58.6 Å². The number of aliphatic hydroxyl groups excluding tert-OH is 2. The largest absolute Gasteiger partial charge is 0.482 e. The van der Waals surface area contributed by atoms with E-state index in [1.165, 1.54) is 0 Å². The molecule has 6 nitrogen and oxygen atoms in total. The Hall–Kier alpha value is -1.63. The number of hydrogen-bond acceptors (Lipinski definition) is 5. The molecular weight excluding hydrogens is 274 g/mol. The topological polar surface area (TPSA) is 90.2 Å². The molecule has 0 unspecified atom stereocenters. The van der Waals surface area contributed by atoms with E-state index in [0.717, 1.165) is 18.5 Å². The number of rotatable bonds is 6. The van der Waals surface area contributed by atoms with Crippen LogP contribution in [0.3, 0.4) is 0 Å². The number of ether oxygens (including phenoxy) is 1. The molecule has 1 aliphatic heterocycles. The molecule has 0 spiro atoms. The first kappa shape index (κ1) is 15.8. The molecular formula is C15H21NO5. The van der Waals surface area contributed by atoms with E-state index in [1.54, 1.807) is 6.07 Å². The highest BCUT2D eigenvalue weighted by Crippen LogP contribution is 2.20. The number of aliphatic hydroxyl groups is 2. The zero-order valence-electron chi connectivity index (χ0n) is 11.8. The number of hydrogen-bond donors (Lipinski definition) is 3. The summed E-state index contributed by atoms with van der Waals surface area (Å²) in [6.45, 7) is 1.69. The van der Waals surface area contributed by atoms with Crippen LogP contribution in [0.1, 0.15) is 12.0 Å². The number of nitrogens with zero attached hydrogens (tertiary/aromatic N) is 1. The van der Waals surface area contributed by atoms with Crippen molar-refractivity contribution in [3.05, 3.63) is 29.8 Å². The zero-order valence-corrected chi connectivity index (χ0v) is 11.8. The standard InChI is InChI=1S/C15H21NO5/c17-9-12-4-5-16(8-14(12)18)7-11-2-1-3-13(6-11)21-10-15(19)20/h1-3,6,12,14,17-18H,4-5,7-10H2,(H,19,20)/t12-,14-/m1/s1. The maximum absolute atomic E-state index is 10.5. The second-order valence-electron chi connectivity index (χ2n) is 5.36. The van der Waals surface area contributed by atoms with Crippen molar-refractivity contribution in [3.63, 3.8) is 0 Å². The Morgan fingerprint density at radius 1 is 1.43 bits per heavy atom. The number of likely N-dealkylation sites (tertiary alicyclic amines) is 1. The number of β-amino-alcohol motifs (C(OH)–C–C–N with tert-alkyl or cyclic N) is 1. The maximum atomic E-state index is 10.5. The fourth-order valence-electron chi connectivity index (χ4n) is 2.54. The number of piperidine rings is 1. The van der Waals surface area contributed by atoms with Crippen LogP contribution in [0.5, 0.6) is 5.75 Å². The summed E-state index contributed by atoms with van der Waals surface area (Å²) in [7, 11) is 0. The average molecular weight is 295 g/mol. The Labute approximate surface area is 123 Å². The highest BCUT2D eigenvalue weighted by Gasteiger charge is 2.26. The molecule has 1 heterocycles. The van der Waals surface area contributed by atoms with Crippen molar-refractivity contribution < 1.29 is 24.9 Å². The first-order chi connectivity index (χ1) is 10.1. The molecule has 116 valence electrons. The van der Waals surface area contributed by atoms with Crippen LogP contribution in [0.15, 0.2) is 24.3 Å². The van der Waals surface area contributed by atoms with Gasteiger partial charge in [0.1, 0.15) is 5.75 Å². The molecule has 0 aromatic heterocycles. The van der Waals surface area contributed by atoms with E-state index in [-0.39, 0.29) is 19.1 Å². The smallest absolute Gasteiger partial charge is 0.341 e. The van der Waals surface area contributed by atoms with Crippen molar-refractivity contribution in [3.8, 4) is 5.75 Å². The summed E-state index contributed by atoms with van der Waals surface area (Å²) in [6, 6.07) is 7.30. The predicted molar refractivity (Wildman–Crippen MR) is 76.0 cm³/mol. The Kier molecular flexibility index (Phi) is 5.55. The lowest BCUT2D eigenvalue weighted by Crippen LogP contribution is -2.44. The van der Waals surface area contributed by atoms with Crippen LogP contribution in [0.4, 0.5) is 0 Å². The third-order valence-corrected chi connectivity index (χ3v) is 3.71. The van der Waals surface area contributed by atoms with Gasteiger partial charge in [-0.15, -0.1) is 0 Å². The van der Waals surface area contributed by atoms with Gasteiger partial charge < -0.3 is 20.1 Å². The number of aliphatic carboxylic acids is 1. The monoisotopic (exact) mass is 295 g/mol. The summed E-state index contributed by atoms with van der Waals surface area (Å²) >= 11 is 0. The molecule has 1 aliphatic rings. The lowest BCUT2D eigenvalue weighted by molar-refractivity contribution is -0.139. The first-order valence-electron chi connectivity index (χ1n) is 7.03. The van der Waals surface area contributed by atoms with Gasteiger partial charge in [-0.2, -0.15) is 0 Å². The third-order valence-electron chi connectivity index (χ3n) is 3.71. The minimum atomic E-state index is -1.00. The second kappa shape index (κ2) is 7.40. The van der Waals surface area contributed by atoms with Crippen molar-refractivity contribution >= 4 is 5.97 Å². The molecule has 1 saturated heterocycles. The average Bonchev–Trinajstić information content (AvgIpc) is 2.46. The molecule has 1 fully saturated rings. The maximum Gasteiger partial charge on any atom is 0.341 e. The van der Waals surface area contributed by atoms with Gasteiger partial charge in [0.05, 0.1) is 6.10 Å². The second-order valence-corrected chi connectivity index (χ2v) is 5.36. The Balaban J connectivity index is 1.91. The van der Waals surface area contributed by atoms with Gasteiger partial charge in [0.2, 0.25) is 0 Å². The summed E-state index contributed by atoms with van der Waals surface area (Å²) in [4.78, 5) is 12.6. The van der Waals surface area contributed by atoms with E-state index in [2.05, 4.69) is 4.90 Å². The fraction of sp³-hybridized carbons (Fsp3) is 0.533. The Morgan fingerprint density at radius 2 is 2.24 bits per heavy atom. The summed E-state index contributed by atoms with van der Waals surface area (Å²) in [5, 5.41) is 27.7. The molecule has 1 aromatic rings. The van der Waals surface area contributed by atoms with E-state index in [1.807, 2.05) is 18.2 Å². The van der Waals surface area contributed by atoms with Crippen LogP contribution in [0.25, 0.3) is 0 Å². The highest BCUT2D eigenvalue weighted by molar-refractivity contribution is 5.68. The summed E-state index contributed by atoms with van der Waals surface area (Å²) in [5.74, 6) is -0.512. The number of benzene rings is 1. The SMILES string of the molecule is O=C(O)COc1cccc(CN2CC[C@H](CO)[C@H](O)C2)c1.